The van der Waals surface area contributed by atoms with Crippen LogP contribution in [0.5, 0.6) is 0 Å². The molecule has 0 heterocycles. The molecule has 1 fully saturated rings. The number of hydrogen-bond acceptors (Lipinski definition) is 1. The molecule has 1 aliphatic rings. The van der Waals surface area contributed by atoms with Crippen LogP contribution in [-0.4, -0.2) is 11.2 Å². The van der Waals surface area contributed by atoms with Crippen molar-refractivity contribution >= 4 is 14.1 Å². The third-order valence-electron chi connectivity index (χ3n) is 4.24. The van der Waals surface area contributed by atoms with Crippen LogP contribution in [0.2, 0.25) is 0 Å². The van der Waals surface area contributed by atoms with Crippen molar-refractivity contribution in [1.82, 2.24) is 0 Å². The van der Waals surface area contributed by atoms with Crippen molar-refractivity contribution in [3.05, 3.63) is 34.4 Å². The van der Waals surface area contributed by atoms with E-state index in [0.29, 0.717) is 11.2 Å². The molecule has 0 N–H and O–H groups in total. The van der Waals surface area contributed by atoms with Gasteiger partial charge in [-0.2, -0.15) is 5.66 Å². The van der Waals surface area contributed by atoms with Crippen molar-refractivity contribution in [2.75, 3.05) is 0 Å². The van der Waals surface area contributed by atoms with E-state index in [4.69, 9.17) is 0 Å². The summed E-state index contributed by atoms with van der Waals surface area (Å²) in [5, 5.41) is 0. The Kier molecular flexibility index (Phi) is 6.73. The molecular formula is C18H26LiOP. The van der Waals surface area contributed by atoms with E-state index in [9.17, 15) is 4.79 Å². The summed E-state index contributed by atoms with van der Waals surface area (Å²) < 4.78 is 0. The van der Waals surface area contributed by atoms with Gasteiger partial charge in [0.15, 0.2) is 0 Å². The number of aryl methyl sites for hydroxylation is 2. The maximum atomic E-state index is 12.6. The molecular weight excluding hydrogens is 270 g/mol. The predicted octanol–water partition coefficient (Wildman–Crippen LogP) is 2.63. The van der Waals surface area contributed by atoms with Gasteiger partial charge in [0.2, 0.25) is 0 Å². The third kappa shape index (κ3) is 4.69. The zero-order valence-corrected chi connectivity index (χ0v) is 15.3. The summed E-state index contributed by atoms with van der Waals surface area (Å²) in [7, 11) is 1.02. The molecule has 0 spiro atoms. The molecule has 0 unspecified atom stereocenters. The molecule has 0 radical (unpaired) electrons. The van der Waals surface area contributed by atoms with E-state index < -0.39 is 0 Å². The van der Waals surface area contributed by atoms with Crippen LogP contribution >= 0.6 is 8.58 Å². The molecule has 0 atom stereocenters. The van der Waals surface area contributed by atoms with Crippen LogP contribution in [0, 0.1) is 13.8 Å². The van der Waals surface area contributed by atoms with Gasteiger partial charge in [0.05, 0.1) is 0 Å². The molecule has 0 bridgehead atoms. The third-order valence-corrected chi connectivity index (χ3v) is 5.58. The van der Waals surface area contributed by atoms with Crippen molar-refractivity contribution in [1.29, 1.82) is 0 Å². The first-order valence-electron chi connectivity index (χ1n) is 7.66. The molecule has 110 valence electrons. The van der Waals surface area contributed by atoms with Gasteiger partial charge in [-0.1, -0.05) is 58.6 Å². The summed E-state index contributed by atoms with van der Waals surface area (Å²) in [5.74, 6) is 0. The van der Waals surface area contributed by atoms with E-state index in [-0.39, 0.29) is 24.3 Å². The van der Waals surface area contributed by atoms with Crippen LogP contribution in [0.1, 0.15) is 73.5 Å². The number of carbonyl (C=O) groups excluding carboxylic acids is 1. The van der Waals surface area contributed by atoms with Gasteiger partial charge in [-0.15, -0.1) is 0 Å². The summed E-state index contributed by atoms with van der Waals surface area (Å²) >= 11 is 0. The first-order chi connectivity index (χ1) is 9.29. The van der Waals surface area contributed by atoms with Crippen LogP contribution < -0.4 is 18.9 Å². The van der Waals surface area contributed by atoms with Gasteiger partial charge in [0.1, 0.15) is 0 Å². The monoisotopic (exact) mass is 296 g/mol. The number of rotatable bonds is 3. The first-order valence-corrected chi connectivity index (χ1v) is 8.62. The molecule has 1 aromatic carbocycles. The van der Waals surface area contributed by atoms with E-state index in [2.05, 4.69) is 46.8 Å². The fourth-order valence-electron chi connectivity index (χ4n) is 3.00. The Balaban J connectivity index is 0.00000220. The molecule has 0 amide bonds. The fraction of sp³-hybridized carbons (Fsp3) is 0.611. The van der Waals surface area contributed by atoms with E-state index in [1.54, 1.807) is 0 Å². The minimum Gasteiger partial charge on any atom is -0.456 e. The van der Waals surface area contributed by atoms with Gasteiger partial charge in [0.25, 0.3) is 0 Å². The minimum atomic E-state index is 0. The van der Waals surface area contributed by atoms with Crippen LogP contribution in [0.25, 0.3) is 0 Å². The van der Waals surface area contributed by atoms with E-state index >= 15 is 0 Å². The summed E-state index contributed by atoms with van der Waals surface area (Å²) in [5.41, 5.74) is 5.64. The molecule has 0 aliphatic heterocycles. The fourth-order valence-corrected chi connectivity index (χ4v) is 4.43. The smallest absolute Gasteiger partial charge is 0.456 e. The molecule has 2 rings (SSSR count). The molecule has 1 aliphatic carbocycles. The first kappa shape index (κ1) is 19.0. The molecule has 1 saturated carbocycles. The van der Waals surface area contributed by atoms with Crippen LogP contribution in [-0.2, 0) is 5.41 Å². The quantitative estimate of drug-likeness (QED) is 0.619. The van der Waals surface area contributed by atoms with Gasteiger partial charge in [-0.3, -0.25) is 0 Å². The molecule has 0 saturated heterocycles. The zero-order valence-electron chi connectivity index (χ0n) is 14.4. The van der Waals surface area contributed by atoms with Gasteiger partial charge in [-0.05, 0) is 41.5 Å². The zero-order chi connectivity index (χ0) is 14.9. The standard InChI is InChI=1S/C18H26OP.Li/c1-12-10-14(18(3,4)5)11-13(2)16(12)17(19)20-15-8-6-7-9-15;/h10-11,15H,6-9H2,1-5H3;/q-1;+1. The Morgan fingerprint density at radius 1 is 1.10 bits per heavy atom. The number of benzene rings is 1. The summed E-state index contributed by atoms with van der Waals surface area (Å²) in [6.45, 7) is 10.8. The topological polar surface area (TPSA) is 17.1 Å². The van der Waals surface area contributed by atoms with Crippen molar-refractivity contribution in [3.8, 4) is 0 Å². The van der Waals surface area contributed by atoms with Crippen LogP contribution in [0.3, 0.4) is 0 Å². The molecule has 21 heavy (non-hydrogen) atoms. The maximum absolute atomic E-state index is 12.6. The molecule has 1 aromatic rings. The van der Waals surface area contributed by atoms with Crippen molar-refractivity contribution in [2.24, 2.45) is 0 Å². The minimum absolute atomic E-state index is 0. The van der Waals surface area contributed by atoms with E-state index in [1.807, 2.05) is 0 Å². The van der Waals surface area contributed by atoms with Crippen molar-refractivity contribution in [3.63, 3.8) is 0 Å². The Labute approximate surface area is 143 Å². The molecule has 0 aromatic heterocycles. The largest absolute Gasteiger partial charge is 1.00 e. The normalized spacial score (nSPS) is 16.4. The maximum Gasteiger partial charge on any atom is 1.00 e. The van der Waals surface area contributed by atoms with Crippen LogP contribution in [0.15, 0.2) is 12.1 Å². The van der Waals surface area contributed by atoms with E-state index in [0.717, 1.165) is 25.3 Å². The van der Waals surface area contributed by atoms with Crippen molar-refractivity contribution in [2.45, 2.75) is 71.4 Å². The van der Waals surface area contributed by atoms with Gasteiger partial charge in [0, 0.05) is 5.52 Å². The van der Waals surface area contributed by atoms with Crippen molar-refractivity contribution < 1.29 is 23.7 Å². The molecule has 3 heteroatoms. The van der Waals surface area contributed by atoms with Gasteiger partial charge in [-0.25, -0.2) is 0 Å². The van der Waals surface area contributed by atoms with Crippen LogP contribution in [0.4, 0.5) is 0 Å². The van der Waals surface area contributed by atoms with E-state index in [1.165, 1.54) is 31.2 Å². The second kappa shape index (κ2) is 7.46. The number of hydrogen-bond donors (Lipinski definition) is 0. The SMILES string of the molecule is Cc1cc(C(C)(C)C)cc(C)c1C(=O)[P-]C1CCCC1.[Li+]. The average Bonchev–Trinajstić information content (AvgIpc) is 2.79. The Morgan fingerprint density at radius 3 is 2.00 bits per heavy atom. The second-order valence-corrected chi connectivity index (χ2v) is 8.50. The Hall–Kier alpha value is -0.0826. The average molecular weight is 296 g/mol. The van der Waals surface area contributed by atoms with Gasteiger partial charge < -0.3 is 13.4 Å². The Bertz CT molecular complexity index is 487. The van der Waals surface area contributed by atoms with Gasteiger partial charge >= 0.3 is 18.9 Å². The predicted molar refractivity (Wildman–Crippen MR) is 88.1 cm³/mol. The summed E-state index contributed by atoms with van der Waals surface area (Å²) in [6.07, 6.45) is 5.05. The number of carbonyl (C=O) groups is 1. The summed E-state index contributed by atoms with van der Waals surface area (Å²) in [6, 6.07) is 4.40. The Morgan fingerprint density at radius 2 is 1.57 bits per heavy atom. The second-order valence-electron chi connectivity index (χ2n) is 7.11. The summed E-state index contributed by atoms with van der Waals surface area (Å²) in [4.78, 5) is 12.6. The molecule has 1 nitrogen and oxygen atoms in total.